The molecule has 0 saturated heterocycles. The number of pyridine rings is 1. The molecule has 0 aliphatic heterocycles. The molecule has 5 heteroatoms. The summed E-state index contributed by atoms with van der Waals surface area (Å²) in [5, 5.41) is 18.7. The molecule has 0 radical (unpaired) electrons. The number of hydrogen-bond acceptors (Lipinski definition) is 4. The molecule has 2 rings (SSSR count). The molecule has 1 fully saturated rings. The first-order chi connectivity index (χ1) is 8.76. The molecule has 1 aliphatic carbocycles. The van der Waals surface area contributed by atoms with Crippen molar-refractivity contribution in [1.82, 2.24) is 4.98 Å². The van der Waals surface area contributed by atoms with Crippen molar-refractivity contribution in [2.75, 3.05) is 18.1 Å². The van der Waals surface area contributed by atoms with Crippen LogP contribution in [0.2, 0.25) is 5.02 Å². The third-order valence-corrected chi connectivity index (χ3v) is 3.76. The van der Waals surface area contributed by atoms with Gasteiger partial charge in [0.25, 0.3) is 0 Å². The van der Waals surface area contributed by atoms with Crippen LogP contribution in [-0.2, 0) is 6.61 Å². The first kappa shape index (κ1) is 13.6. The summed E-state index contributed by atoms with van der Waals surface area (Å²) < 4.78 is 0. The maximum Gasteiger partial charge on any atom is 0.129 e. The Hall–Kier alpha value is -0.840. The molecule has 4 nitrogen and oxygen atoms in total. The molecular weight excluding hydrogens is 252 g/mol. The van der Waals surface area contributed by atoms with Crippen molar-refractivity contribution < 1.29 is 10.2 Å². The molecular formula is C13H19ClN2O2. The molecule has 1 heterocycles. The minimum atomic E-state index is -0.148. The van der Waals surface area contributed by atoms with Gasteiger partial charge in [-0.3, -0.25) is 0 Å². The number of aliphatic hydroxyl groups is 2. The molecule has 1 aliphatic rings. The van der Waals surface area contributed by atoms with E-state index in [1.165, 1.54) is 19.3 Å². The standard InChI is InChI=1S/C13H19ClN2O2/c14-11-5-6-13(15-12(11)9-18)16(7-2-8-17)10-3-1-4-10/h5-6,10,17-18H,1-4,7-9H2. The highest BCUT2D eigenvalue weighted by Gasteiger charge is 2.25. The van der Waals surface area contributed by atoms with E-state index in [0.29, 0.717) is 16.8 Å². The smallest absolute Gasteiger partial charge is 0.129 e. The zero-order valence-electron chi connectivity index (χ0n) is 10.3. The molecule has 2 N–H and O–H groups in total. The lowest BCUT2D eigenvalue weighted by molar-refractivity contribution is 0.275. The van der Waals surface area contributed by atoms with E-state index in [9.17, 15) is 5.11 Å². The quantitative estimate of drug-likeness (QED) is 0.830. The van der Waals surface area contributed by atoms with Gasteiger partial charge in [0.15, 0.2) is 0 Å². The highest BCUT2D eigenvalue weighted by molar-refractivity contribution is 6.31. The van der Waals surface area contributed by atoms with Crippen LogP contribution in [-0.4, -0.2) is 34.4 Å². The van der Waals surface area contributed by atoms with Crippen LogP contribution in [0.1, 0.15) is 31.4 Å². The van der Waals surface area contributed by atoms with E-state index in [1.54, 1.807) is 6.07 Å². The zero-order chi connectivity index (χ0) is 13.0. The van der Waals surface area contributed by atoms with Crippen LogP contribution in [0.5, 0.6) is 0 Å². The van der Waals surface area contributed by atoms with Gasteiger partial charge in [0.2, 0.25) is 0 Å². The maximum absolute atomic E-state index is 9.21. The highest BCUT2D eigenvalue weighted by Crippen LogP contribution is 2.29. The SMILES string of the molecule is OCCCN(c1ccc(Cl)c(CO)n1)C1CCC1. The molecule has 1 saturated carbocycles. The second-order valence-electron chi connectivity index (χ2n) is 4.61. The number of rotatable bonds is 6. The van der Waals surface area contributed by atoms with Crippen LogP contribution in [0.25, 0.3) is 0 Å². The number of aromatic nitrogens is 1. The molecule has 0 atom stereocenters. The molecule has 18 heavy (non-hydrogen) atoms. The molecule has 0 aromatic carbocycles. The van der Waals surface area contributed by atoms with Crippen LogP contribution in [0.15, 0.2) is 12.1 Å². The van der Waals surface area contributed by atoms with Crippen molar-refractivity contribution in [3.05, 3.63) is 22.8 Å². The van der Waals surface area contributed by atoms with Crippen molar-refractivity contribution in [1.29, 1.82) is 0 Å². The van der Waals surface area contributed by atoms with Gasteiger partial charge in [-0.15, -0.1) is 0 Å². The summed E-state index contributed by atoms with van der Waals surface area (Å²) in [5.74, 6) is 0.849. The average Bonchev–Trinajstić information content (AvgIpc) is 2.33. The van der Waals surface area contributed by atoms with Gasteiger partial charge in [-0.05, 0) is 37.8 Å². The van der Waals surface area contributed by atoms with Gasteiger partial charge in [0, 0.05) is 19.2 Å². The maximum atomic E-state index is 9.21. The summed E-state index contributed by atoms with van der Waals surface area (Å²) in [6.07, 6.45) is 4.32. The van der Waals surface area contributed by atoms with E-state index < -0.39 is 0 Å². The second-order valence-corrected chi connectivity index (χ2v) is 5.02. The van der Waals surface area contributed by atoms with Gasteiger partial charge >= 0.3 is 0 Å². The predicted molar refractivity (Wildman–Crippen MR) is 71.9 cm³/mol. The van der Waals surface area contributed by atoms with Crippen LogP contribution in [0, 0.1) is 0 Å². The molecule has 100 valence electrons. The van der Waals surface area contributed by atoms with Crippen molar-refractivity contribution in [3.63, 3.8) is 0 Å². The Morgan fingerprint density at radius 1 is 1.33 bits per heavy atom. The summed E-state index contributed by atoms with van der Waals surface area (Å²) in [7, 11) is 0. The topological polar surface area (TPSA) is 56.6 Å². The highest BCUT2D eigenvalue weighted by atomic mass is 35.5. The number of halogens is 1. The minimum absolute atomic E-state index is 0.148. The van der Waals surface area contributed by atoms with Gasteiger partial charge in [-0.1, -0.05) is 11.6 Å². The van der Waals surface area contributed by atoms with Crippen LogP contribution >= 0.6 is 11.6 Å². The largest absolute Gasteiger partial charge is 0.396 e. The van der Waals surface area contributed by atoms with Crippen LogP contribution in [0.3, 0.4) is 0 Å². The monoisotopic (exact) mass is 270 g/mol. The van der Waals surface area contributed by atoms with E-state index in [1.807, 2.05) is 6.07 Å². The third-order valence-electron chi connectivity index (χ3n) is 3.42. The Kier molecular flexibility index (Phi) is 4.80. The number of nitrogens with zero attached hydrogens (tertiary/aromatic N) is 2. The normalized spacial score (nSPS) is 15.5. The van der Waals surface area contributed by atoms with Gasteiger partial charge in [-0.2, -0.15) is 0 Å². The first-order valence-electron chi connectivity index (χ1n) is 6.40. The predicted octanol–water partition coefficient (Wildman–Crippen LogP) is 1.97. The second kappa shape index (κ2) is 6.36. The fourth-order valence-corrected chi connectivity index (χ4v) is 2.33. The Morgan fingerprint density at radius 3 is 2.67 bits per heavy atom. The average molecular weight is 271 g/mol. The summed E-state index contributed by atoms with van der Waals surface area (Å²) in [4.78, 5) is 6.63. The summed E-state index contributed by atoms with van der Waals surface area (Å²) >= 11 is 5.95. The van der Waals surface area contributed by atoms with E-state index in [4.69, 9.17) is 16.7 Å². The zero-order valence-corrected chi connectivity index (χ0v) is 11.1. The fraction of sp³-hybridized carbons (Fsp3) is 0.615. The number of anilines is 1. The summed E-state index contributed by atoms with van der Waals surface area (Å²) in [5.41, 5.74) is 0.516. The summed E-state index contributed by atoms with van der Waals surface area (Å²) in [6, 6.07) is 4.17. The lowest BCUT2D eigenvalue weighted by Crippen LogP contribution is -2.41. The third kappa shape index (κ3) is 2.94. The van der Waals surface area contributed by atoms with E-state index in [-0.39, 0.29) is 13.2 Å². The van der Waals surface area contributed by atoms with Crippen molar-refractivity contribution in [3.8, 4) is 0 Å². The van der Waals surface area contributed by atoms with Gasteiger partial charge in [0.1, 0.15) is 5.82 Å². The van der Waals surface area contributed by atoms with E-state index >= 15 is 0 Å². The van der Waals surface area contributed by atoms with Crippen molar-refractivity contribution >= 4 is 17.4 Å². The molecule has 0 unspecified atom stereocenters. The van der Waals surface area contributed by atoms with Gasteiger partial charge < -0.3 is 15.1 Å². The lowest BCUT2D eigenvalue weighted by Gasteiger charge is -2.38. The Bertz CT molecular complexity index is 397. The van der Waals surface area contributed by atoms with Crippen LogP contribution < -0.4 is 4.90 Å². The van der Waals surface area contributed by atoms with Crippen molar-refractivity contribution in [2.45, 2.75) is 38.3 Å². The van der Waals surface area contributed by atoms with Gasteiger partial charge in [0.05, 0.1) is 17.3 Å². The van der Waals surface area contributed by atoms with Crippen molar-refractivity contribution in [2.24, 2.45) is 0 Å². The first-order valence-corrected chi connectivity index (χ1v) is 6.78. The summed E-state index contributed by atoms with van der Waals surface area (Å²) in [6.45, 7) is 0.829. The molecule has 0 amide bonds. The molecule has 1 aromatic heterocycles. The number of aliphatic hydroxyl groups excluding tert-OH is 2. The van der Waals surface area contributed by atoms with Crippen LogP contribution in [0.4, 0.5) is 5.82 Å². The van der Waals surface area contributed by atoms with Gasteiger partial charge in [-0.25, -0.2) is 4.98 Å². The minimum Gasteiger partial charge on any atom is -0.396 e. The molecule has 1 aromatic rings. The van der Waals surface area contributed by atoms with E-state index in [2.05, 4.69) is 9.88 Å². The Labute approximate surface area is 112 Å². The van der Waals surface area contributed by atoms with E-state index in [0.717, 1.165) is 18.8 Å². The fourth-order valence-electron chi connectivity index (χ4n) is 2.17. The molecule has 0 bridgehead atoms. The Balaban J connectivity index is 2.17. The lowest BCUT2D eigenvalue weighted by atomic mass is 9.91. The number of hydrogen-bond donors (Lipinski definition) is 2. The Morgan fingerprint density at radius 2 is 2.11 bits per heavy atom. The molecule has 0 spiro atoms.